The Labute approximate surface area is 179 Å². The Bertz CT molecular complexity index is 582. The van der Waals surface area contributed by atoms with Gasteiger partial charge in [-0.05, 0) is 44.8 Å². The summed E-state index contributed by atoms with van der Waals surface area (Å²) in [6, 6.07) is 6.11. The summed E-state index contributed by atoms with van der Waals surface area (Å²) < 4.78 is 11.9. The molecule has 0 saturated carbocycles. The van der Waals surface area contributed by atoms with Crippen LogP contribution in [0.2, 0.25) is 0 Å². The van der Waals surface area contributed by atoms with Gasteiger partial charge in [-0.25, -0.2) is 0 Å². The van der Waals surface area contributed by atoms with Gasteiger partial charge in [-0.1, -0.05) is 12.1 Å². The number of aliphatic imine (C=N–C) groups is 1. The summed E-state index contributed by atoms with van der Waals surface area (Å²) in [5.41, 5.74) is 1.07. The summed E-state index contributed by atoms with van der Waals surface area (Å²) in [7, 11) is 1.79. The minimum atomic E-state index is -0.151. The first kappa shape index (κ1) is 23.2. The van der Waals surface area contributed by atoms with E-state index >= 15 is 0 Å². The molecule has 7 heteroatoms. The Morgan fingerprint density at radius 1 is 1.27 bits per heavy atom. The predicted molar refractivity (Wildman–Crippen MR) is 123 cm³/mol. The first-order chi connectivity index (χ1) is 12.1. The number of benzene rings is 1. The van der Waals surface area contributed by atoms with Gasteiger partial charge in [0.25, 0.3) is 0 Å². The maximum absolute atomic E-state index is 6.03. The molecule has 1 aromatic carbocycles. The van der Waals surface area contributed by atoms with Crippen molar-refractivity contribution in [1.82, 2.24) is 10.6 Å². The lowest BCUT2D eigenvalue weighted by Gasteiger charge is -2.18. The highest BCUT2D eigenvalue weighted by Crippen LogP contribution is 2.41. The van der Waals surface area contributed by atoms with E-state index in [9.17, 15) is 0 Å². The number of hydrogen-bond donors (Lipinski definition) is 2. The van der Waals surface area contributed by atoms with Crippen molar-refractivity contribution in [3.8, 4) is 11.5 Å². The average Bonchev–Trinajstić information content (AvgIpc) is 2.91. The number of nitrogens with one attached hydrogen (secondary N) is 2. The van der Waals surface area contributed by atoms with E-state index < -0.39 is 0 Å². The number of nitrogens with zero attached hydrogens (tertiary/aromatic N) is 1. The molecule has 0 spiro atoms. The highest BCUT2D eigenvalue weighted by atomic mass is 127. The van der Waals surface area contributed by atoms with Crippen LogP contribution < -0.4 is 20.1 Å². The first-order valence-electron chi connectivity index (χ1n) is 8.93. The van der Waals surface area contributed by atoms with E-state index in [-0.39, 0.29) is 29.6 Å². The fourth-order valence-corrected chi connectivity index (χ4v) is 3.32. The molecule has 0 bridgehead atoms. The second-order valence-corrected chi connectivity index (χ2v) is 7.74. The fourth-order valence-electron chi connectivity index (χ4n) is 2.83. The van der Waals surface area contributed by atoms with Crippen LogP contribution >= 0.6 is 35.7 Å². The second-order valence-electron chi connectivity index (χ2n) is 6.76. The average molecular weight is 493 g/mol. The predicted octanol–water partition coefficient (Wildman–Crippen LogP) is 3.71. The Morgan fingerprint density at radius 2 is 2.04 bits per heavy atom. The van der Waals surface area contributed by atoms with Crippen molar-refractivity contribution in [2.24, 2.45) is 4.99 Å². The number of rotatable bonds is 9. The van der Waals surface area contributed by atoms with Crippen molar-refractivity contribution in [2.45, 2.75) is 38.7 Å². The third-order valence-corrected chi connectivity index (χ3v) is 4.70. The van der Waals surface area contributed by atoms with Crippen molar-refractivity contribution in [1.29, 1.82) is 0 Å². The highest BCUT2D eigenvalue weighted by Gasteiger charge is 2.32. The Hall–Kier alpha value is -0.830. The molecule has 0 amide bonds. The van der Waals surface area contributed by atoms with Crippen LogP contribution in [-0.2, 0) is 6.42 Å². The quantitative estimate of drug-likeness (QED) is 0.238. The van der Waals surface area contributed by atoms with E-state index in [4.69, 9.17) is 9.47 Å². The smallest absolute Gasteiger partial charge is 0.191 e. The monoisotopic (exact) mass is 493 g/mol. The van der Waals surface area contributed by atoms with Gasteiger partial charge in [0.15, 0.2) is 17.5 Å². The molecule has 1 aliphatic heterocycles. The maximum Gasteiger partial charge on any atom is 0.191 e. The van der Waals surface area contributed by atoms with Gasteiger partial charge >= 0.3 is 0 Å². The zero-order chi connectivity index (χ0) is 18.1. The van der Waals surface area contributed by atoms with Crippen LogP contribution in [0.1, 0.15) is 32.3 Å². The Balaban J connectivity index is 0.00000338. The van der Waals surface area contributed by atoms with E-state index in [1.807, 2.05) is 23.9 Å². The molecule has 0 saturated heterocycles. The van der Waals surface area contributed by atoms with Crippen LogP contribution in [0, 0.1) is 0 Å². The van der Waals surface area contributed by atoms with Crippen LogP contribution in [0.15, 0.2) is 23.2 Å². The van der Waals surface area contributed by atoms with Gasteiger partial charge in [0.05, 0.1) is 6.54 Å². The van der Waals surface area contributed by atoms with Gasteiger partial charge in [0, 0.05) is 25.6 Å². The van der Waals surface area contributed by atoms with Gasteiger partial charge in [0.2, 0.25) is 0 Å². The van der Waals surface area contributed by atoms with Gasteiger partial charge in [-0.3, -0.25) is 4.99 Å². The molecule has 1 aromatic rings. The van der Waals surface area contributed by atoms with Crippen molar-refractivity contribution < 1.29 is 9.47 Å². The minimum absolute atomic E-state index is 0. The zero-order valence-electron chi connectivity index (χ0n) is 16.3. The first-order valence-corrected chi connectivity index (χ1v) is 10.3. The number of guanidine groups is 1. The van der Waals surface area contributed by atoms with Crippen LogP contribution in [0.4, 0.5) is 0 Å². The lowest BCUT2D eigenvalue weighted by Crippen LogP contribution is -2.39. The summed E-state index contributed by atoms with van der Waals surface area (Å²) in [4.78, 5) is 4.24. The van der Waals surface area contributed by atoms with Gasteiger partial charge in [-0.2, -0.15) is 11.8 Å². The number of para-hydroxylation sites is 1. The Morgan fingerprint density at radius 3 is 2.77 bits per heavy atom. The van der Waals surface area contributed by atoms with Gasteiger partial charge in [0.1, 0.15) is 12.2 Å². The summed E-state index contributed by atoms with van der Waals surface area (Å²) in [6.45, 7) is 6.40. The standard InChI is InChI=1S/C19H31N3O2S.HI/c1-19(2)14-15-8-7-9-16(17(15)24-19)23-12-11-22-18(20-3)21-10-5-6-13-25-4;/h7-9H,5-6,10-14H2,1-4H3,(H2,20,21,22);1H. The number of hydrogen-bond acceptors (Lipinski definition) is 4. The largest absolute Gasteiger partial charge is 0.488 e. The number of fused-ring (bicyclic) bond motifs is 1. The van der Waals surface area contributed by atoms with Crippen molar-refractivity contribution in [3.05, 3.63) is 23.8 Å². The molecular weight excluding hydrogens is 461 g/mol. The van der Waals surface area contributed by atoms with Gasteiger partial charge in [-0.15, -0.1) is 24.0 Å². The van der Waals surface area contributed by atoms with Crippen molar-refractivity contribution in [2.75, 3.05) is 38.8 Å². The maximum atomic E-state index is 6.03. The van der Waals surface area contributed by atoms with E-state index in [1.165, 1.54) is 17.7 Å². The second kappa shape index (κ2) is 11.8. The highest BCUT2D eigenvalue weighted by molar-refractivity contribution is 14.0. The molecule has 1 aliphatic rings. The van der Waals surface area contributed by atoms with Crippen LogP contribution in [-0.4, -0.2) is 50.3 Å². The Kier molecular flexibility index (Phi) is 10.5. The molecule has 0 atom stereocenters. The minimum Gasteiger partial charge on any atom is -0.488 e. The summed E-state index contributed by atoms with van der Waals surface area (Å²) in [6.07, 6.45) is 5.44. The normalized spacial score (nSPS) is 14.8. The number of halogens is 1. The molecule has 5 nitrogen and oxygen atoms in total. The van der Waals surface area contributed by atoms with Crippen LogP contribution in [0.3, 0.4) is 0 Å². The van der Waals surface area contributed by atoms with Crippen LogP contribution in [0.25, 0.3) is 0 Å². The topological polar surface area (TPSA) is 54.9 Å². The van der Waals surface area contributed by atoms with E-state index in [1.54, 1.807) is 7.05 Å². The van der Waals surface area contributed by atoms with E-state index in [0.717, 1.165) is 36.8 Å². The number of thioether (sulfide) groups is 1. The zero-order valence-corrected chi connectivity index (χ0v) is 19.4. The summed E-state index contributed by atoms with van der Waals surface area (Å²) in [5, 5.41) is 6.61. The molecule has 0 unspecified atom stereocenters. The molecule has 2 rings (SSSR count). The fraction of sp³-hybridized carbons (Fsp3) is 0.632. The third-order valence-electron chi connectivity index (χ3n) is 4.00. The summed E-state index contributed by atoms with van der Waals surface area (Å²) >= 11 is 1.89. The van der Waals surface area contributed by atoms with E-state index in [2.05, 4.69) is 41.8 Å². The van der Waals surface area contributed by atoms with Crippen molar-refractivity contribution >= 4 is 41.7 Å². The molecule has 148 valence electrons. The van der Waals surface area contributed by atoms with Crippen LogP contribution in [0.5, 0.6) is 11.5 Å². The third kappa shape index (κ3) is 7.42. The summed E-state index contributed by atoms with van der Waals surface area (Å²) in [5.74, 6) is 3.75. The SMILES string of the molecule is CN=C(NCCCCSC)NCCOc1cccc2c1OC(C)(C)C2.I. The molecule has 26 heavy (non-hydrogen) atoms. The number of unbranched alkanes of at least 4 members (excludes halogenated alkanes) is 1. The van der Waals surface area contributed by atoms with Crippen molar-refractivity contribution in [3.63, 3.8) is 0 Å². The molecule has 1 heterocycles. The number of ether oxygens (including phenoxy) is 2. The molecular formula is C19H32IN3O2S. The molecule has 0 aliphatic carbocycles. The lowest BCUT2D eigenvalue weighted by atomic mass is 10.0. The molecule has 0 fully saturated rings. The van der Waals surface area contributed by atoms with Gasteiger partial charge < -0.3 is 20.1 Å². The molecule has 0 aromatic heterocycles. The lowest BCUT2D eigenvalue weighted by molar-refractivity contribution is 0.132. The molecule has 2 N–H and O–H groups in total. The molecule has 0 radical (unpaired) electrons. The van der Waals surface area contributed by atoms with E-state index in [0.29, 0.717) is 13.2 Å².